The van der Waals surface area contributed by atoms with Crippen LogP contribution in [0.2, 0.25) is 0 Å². The minimum Gasteiger partial charge on any atom is -0.497 e. The van der Waals surface area contributed by atoms with Crippen LogP contribution in [0.25, 0.3) is 0 Å². The number of ether oxygens (including phenoxy) is 2. The standard InChI is InChI=1S/C18H24N2O2/c1-21-15-7-3-13(4-8-15)17(19)11-12-18(20)14-5-9-16(22-2)10-6-14/h3-10,17-18H,11-12,19-20H2,1-2H3/t17-,18-/m1/s1. The molecule has 0 amide bonds. The van der Waals surface area contributed by atoms with Gasteiger partial charge < -0.3 is 20.9 Å². The van der Waals surface area contributed by atoms with E-state index in [-0.39, 0.29) is 12.1 Å². The van der Waals surface area contributed by atoms with Crippen molar-refractivity contribution in [3.8, 4) is 11.5 Å². The highest BCUT2D eigenvalue weighted by molar-refractivity contribution is 5.30. The van der Waals surface area contributed by atoms with Crippen molar-refractivity contribution >= 4 is 0 Å². The molecule has 4 N–H and O–H groups in total. The zero-order chi connectivity index (χ0) is 15.9. The van der Waals surface area contributed by atoms with Crippen molar-refractivity contribution in [2.45, 2.75) is 24.9 Å². The molecule has 0 aliphatic carbocycles. The van der Waals surface area contributed by atoms with Crippen molar-refractivity contribution in [2.24, 2.45) is 11.5 Å². The van der Waals surface area contributed by atoms with Crippen LogP contribution in [0.3, 0.4) is 0 Å². The molecule has 0 aliphatic heterocycles. The summed E-state index contributed by atoms with van der Waals surface area (Å²) in [5.74, 6) is 1.68. The summed E-state index contributed by atoms with van der Waals surface area (Å²) in [5.41, 5.74) is 14.7. The van der Waals surface area contributed by atoms with Crippen molar-refractivity contribution in [1.29, 1.82) is 0 Å². The van der Waals surface area contributed by atoms with E-state index in [9.17, 15) is 0 Å². The van der Waals surface area contributed by atoms with E-state index < -0.39 is 0 Å². The van der Waals surface area contributed by atoms with Crippen LogP contribution >= 0.6 is 0 Å². The number of rotatable bonds is 7. The molecule has 0 aromatic heterocycles. The number of methoxy groups -OCH3 is 2. The molecule has 2 rings (SSSR count). The van der Waals surface area contributed by atoms with Crippen molar-refractivity contribution < 1.29 is 9.47 Å². The Labute approximate surface area is 132 Å². The van der Waals surface area contributed by atoms with Crippen LogP contribution in [-0.4, -0.2) is 14.2 Å². The fourth-order valence-corrected chi connectivity index (χ4v) is 2.39. The van der Waals surface area contributed by atoms with E-state index in [1.165, 1.54) is 0 Å². The van der Waals surface area contributed by atoms with Gasteiger partial charge in [0.05, 0.1) is 14.2 Å². The zero-order valence-electron chi connectivity index (χ0n) is 13.2. The molecule has 0 bridgehead atoms. The monoisotopic (exact) mass is 300 g/mol. The van der Waals surface area contributed by atoms with Gasteiger partial charge in [0, 0.05) is 12.1 Å². The molecular weight excluding hydrogens is 276 g/mol. The first-order chi connectivity index (χ1) is 10.6. The average Bonchev–Trinajstić information content (AvgIpc) is 2.59. The summed E-state index contributed by atoms with van der Waals surface area (Å²) >= 11 is 0. The molecule has 2 aromatic carbocycles. The molecule has 2 aromatic rings. The largest absolute Gasteiger partial charge is 0.497 e. The molecule has 0 aliphatic rings. The van der Waals surface area contributed by atoms with Crippen LogP contribution in [0, 0.1) is 0 Å². The van der Waals surface area contributed by atoms with E-state index in [1.54, 1.807) is 14.2 Å². The molecular formula is C18H24N2O2. The lowest BCUT2D eigenvalue weighted by Crippen LogP contribution is -2.16. The van der Waals surface area contributed by atoms with E-state index >= 15 is 0 Å². The summed E-state index contributed by atoms with van der Waals surface area (Å²) < 4.78 is 10.3. The average molecular weight is 300 g/mol. The van der Waals surface area contributed by atoms with Crippen molar-refractivity contribution in [1.82, 2.24) is 0 Å². The number of benzene rings is 2. The molecule has 2 atom stereocenters. The van der Waals surface area contributed by atoms with Crippen molar-refractivity contribution in [3.63, 3.8) is 0 Å². The Bertz CT molecular complexity index is 513. The fraction of sp³-hybridized carbons (Fsp3) is 0.333. The molecule has 4 nitrogen and oxygen atoms in total. The van der Waals surface area contributed by atoms with Gasteiger partial charge in [-0.25, -0.2) is 0 Å². The van der Waals surface area contributed by atoms with Crippen molar-refractivity contribution in [3.05, 3.63) is 59.7 Å². The SMILES string of the molecule is COc1ccc([C@H](N)CC[C@@H](N)c2ccc(OC)cc2)cc1. The molecule has 0 unspecified atom stereocenters. The second-order valence-electron chi connectivity index (χ2n) is 5.34. The Kier molecular flexibility index (Phi) is 5.81. The van der Waals surface area contributed by atoms with Crippen LogP contribution < -0.4 is 20.9 Å². The summed E-state index contributed by atoms with van der Waals surface area (Å²) in [6, 6.07) is 15.7. The summed E-state index contributed by atoms with van der Waals surface area (Å²) in [4.78, 5) is 0. The van der Waals surface area contributed by atoms with E-state index in [2.05, 4.69) is 0 Å². The summed E-state index contributed by atoms with van der Waals surface area (Å²) in [6.45, 7) is 0. The molecule has 0 spiro atoms. The summed E-state index contributed by atoms with van der Waals surface area (Å²) in [5, 5.41) is 0. The minimum atomic E-state index is -0.0183. The molecule has 22 heavy (non-hydrogen) atoms. The van der Waals surface area contributed by atoms with Gasteiger partial charge in [0.2, 0.25) is 0 Å². The first kappa shape index (κ1) is 16.3. The quantitative estimate of drug-likeness (QED) is 0.824. The minimum absolute atomic E-state index is 0.0183. The Balaban J connectivity index is 1.89. The van der Waals surface area contributed by atoms with Gasteiger partial charge in [-0.15, -0.1) is 0 Å². The van der Waals surface area contributed by atoms with Gasteiger partial charge in [-0.2, -0.15) is 0 Å². The highest BCUT2D eigenvalue weighted by Gasteiger charge is 2.11. The maximum Gasteiger partial charge on any atom is 0.118 e. The van der Waals surface area contributed by atoms with Gasteiger partial charge >= 0.3 is 0 Å². The topological polar surface area (TPSA) is 70.5 Å². The lowest BCUT2D eigenvalue weighted by molar-refractivity contribution is 0.414. The van der Waals surface area contributed by atoms with E-state index in [4.69, 9.17) is 20.9 Å². The molecule has 0 saturated carbocycles. The molecule has 4 heteroatoms. The Morgan fingerprint density at radius 2 is 1.00 bits per heavy atom. The zero-order valence-corrected chi connectivity index (χ0v) is 13.2. The fourth-order valence-electron chi connectivity index (χ4n) is 2.39. The van der Waals surface area contributed by atoms with Gasteiger partial charge in [0.25, 0.3) is 0 Å². The normalized spacial score (nSPS) is 13.5. The smallest absolute Gasteiger partial charge is 0.118 e. The van der Waals surface area contributed by atoms with E-state index in [0.717, 1.165) is 35.5 Å². The number of hydrogen-bond donors (Lipinski definition) is 2. The van der Waals surface area contributed by atoms with E-state index in [1.807, 2.05) is 48.5 Å². The van der Waals surface area contributed by atoms with Gasteiger partial charge in [-0.05, 0) is 48.2 Å². The van der Waals surface area contributed by atoms with Gasteiger partial charge in [-0.3, -0.25) is 0 Å². The Morgan fingerprint density at radius 1 is 0.682 bits per heavy atom. The molecule has 0 radical (unpaired) electrons. The van der Waals surface area contributed by atoms with Gasteiger partial charge in [0.15, 0.2) is 0 Å². The third-order valence-electron chi connectivity index (χ3n) is 3.88. The summed E-state index contributed by atoms with van der Waals surface area (Å²) in [7, 11) is 3.31. The van der Waals surface area contributed by atoms with Crippen LogP contribution in [0.5, 0.6) is 11.5 Å². The van der Waals surface area contributed by atoms with Crippen LogP contribution in [-0.2, 0) is 0 Å². The first-order valence-corrected chi connectivity index (χ1v) is 7.43. The maximum absolute atomic E-state index is 6.24. The second kappa shape index (κ2) is 7.82. The highest BCUT2D eigenvalue weighted by atomic mass is 16.5. The highest BCUT2D eigenvalue weighted by Crippen LogP contribution is 2.24. The lowest BCUT2D eigenvalue weighted by atomic mass is 9.97. The number of hydrogen-bond acceptors (Lipinski definition) is 4. The van der Waals surface area contributed by atoms with Gasteiger partial charge in [-0.1, -0.05) is 24.3 Å². The van der Waals surface area contributed by atoms with E-state index in [0.29, 0.717) is 0 Å². The second-order valence-corrected chi connectivity index (χ2v) is 5.34. The molecule has 0 fully saturated rings. The summed E-state index contributed by atoms with van der Waals surface area (Å²) in [6.07, 6.45) is 1.67. The predicted octanol–water partition coefficient (Wildman–Crippen LogP) is 3.18. The van der Waals surface area contributed by atoms with Crippen molar-refractivity contribution in [2.75, 3.05) is 14.2 Å². The third kappa shape index (κ3) is 4.23. The lowest BCUT2D eigenvalue weighted by Gasteiger charge is -2.17. The maximum atomic E-state index is 6.24. The van der Waals surface area contributed by atoms with Crippen LogP contribution in [0.15, 0.2) is 48.5 Å². The Hall–Kier alpha value is -2.04. The third-order valence-corrected chi connectivity index (χ3v) is 3.88. The Morgan fingerprint density at radius 3 is 1.27 bits per heavy atom. The molecule has 0 saturated heterocycles. The van der Waals surface area contributed by atoms with Crippen LogP contribution in [0.4, 0.5) is 0 Å². The molecule has 118 valence electrons. The number of nitrogens with two attached hydrogens (primary N) is 2. The first-order valence-electron chi connectivity index (χ1n) is 7.43. The predicted molar refractivity (Wildman–Crippen MR) is 89.1 cm³/mol. The van der Waals surface area contributed by atoms with Crippen LogP contribution in [0.1, 0.15) is 36.1 Å². The van der Waals surface area contributed by atoms with Gasteiger partial charge in [0.1, 0.15) is 11.5 Å². The molecule has 0 heterocycles.